The van der Waals surface area contributed by atoms with E-state index in [-0.39, 0.29) is 5.56 Å². The van der Waals surface area contributed by atoms with Crippen LogP contribution in [0.1, 0.15) is 33.5 Å². The van der Waals surface area contributed by atoms with Crippen molar-refractivity contribution in [1.29, 1.82) is 0 Å². The van der Waals surface area contributed by atoms with Crippen molar-refractivity contribution in [2.75, 3.05) is 4.31 Å². The summed E-state index contributed by atoms with van der Waals surface area (Å²) in [5.41, 5.74) is 4.77. The van der Waals surface area contributed by atoms with E-state index in [2.05, 4.69) is 0 Å². The minimum absolute atomic E-state index is 0.276. The molecule has 0 spiro atoms. The predicted molar refractivity (Wildman–Crippen MR) is 116 cm³/mol. The Morgan fingerprint density at radius 1 is 0.931 bits per heavy atom. The standard InChI is InChI=1S/C23H23NO4S/c1-17-9-15-21(16-10-17)24(29(27)28)22-8-3-2-6-19(22)7-4-5-18-11-13-20(14-12-18)23(25)26/h2-3,6,8-16H,4-5,7H2,1H3,(H,25,26)(H,27,28). The van der Waals surface area contributed by atoms with Crippen LogP contribution < -0.4 is 4.31 Å². The zero-order valence-electron chi connectivity index (χ0n) is 16.1. The fourth-order valence-electron chi connectivity index (χ4n) is 3.21. The SMILES string of the molecule is Cc1ccc(N(c2ccccc2CCCc2ccc(C(=O)O)cc2)S(=O)O)cc1. The molecule has 5 nitrogen and oxygen atoms in total. The quantitative estimate of drug-likeness (QED) is 0.505. The summed E-state index contributed by atoms with van der Waals surface area (Å²) < 4.78 is 23.5. The van der Waals surface area contributed by atoms with Gasteiger partial charge in [0.05, 0.1) is 16.9 Å². The van der Waals surface area contributed by atoms with Gasteiger partial charge in [0.1, 0.15) is 0 Å². The highest BCUT2D eigenvalue weighted by Crippen LogP contribution is 2.31. The van der Waals surface area contributed by atoms with Gasteiger partial charge in [0.15, 0.2) is 0 Å². The van der Waals surface area contributed by atoms with Gasteiger partial charge in [-0.05, 0) is 67.6 Å². The molecule has 1 atom stereocenters. The van der Waals surface area contributed by atoms with E-state index in [0.29, 0.717) is 11.4 Å². The van der Waals surface area contributed by atoms with Crippen molar-refractivity contribution >= 4 is 28.6 Å². The van der Waals surface area contributed by atoms with Crippen LogP contribution in [0, 0.1) is 6.92 Å². The summed E-state index contributed by atoms with van der Waals surface area (Å²) in [5.74, 6) is -0.932. The van der Waals surface area contributed by atoms with Crippen LogP contribution in [-0.2, 0) is 24.1 Å². The number of aromatic carboxylic acids is 1. The van der Waals surface area contributed by atoms with Crippen LogP contribution in [0.25, 0.3) is 0 Å². The molecule has 0 aliphatic heterocycles. The lowest BCUT2D eigenvalue weighted by atomic mass is 10.0. The van der Waals surface area contributed by atoms with Crippen molar-refractivity contribution in [3.8, 4) is 0 Å². The van der Waals surface area contributed by atoms with Crippen molar-refractivity contribution in [2.45, 2.75) is 26.2 Å². The van der Waals surface area contributed by atoms with Gasteiger partial charge in [-0.25, -0.2) is 13.3 Å². The zero-order valence-corrected chi connectivity index (χ0v) is 16.9. The summed E-state index contributed by atoms with van der Waals surface area (Å²) in [7, 11) is 0. The smallest absolute Gasteiger partial charge is 0.335 e. The molecule has 6 heteroatoms. The Hall–Kier alpha value is -2.96. The normalized spacial score (nSPS) is 11.8. The molecule has 0 aliphatic rings. The number of carboxylic acid groups (broad SMARTS) is 1. The number of anilines is 2. The molecular weight excluding hydrogens is 386 g/mol. The van der Waals surface area contributed by atoms with Crippen LogP contribution in [0.2, 0.25) is 0 Å². The van der Waals surface area contributed by atoms with Crippen molar-refractivity contribution in [3.63, 3.8) is 0 Å². The third kappa shape index (κ3) is 5.31. The van der Waals surface area contributed by atoms with Gasteiger partial charge in [-0.2, -0.15) is 0 Å². The highest BCUT2D eigenvalue weighted by molar-refractivity contribution is 7.81. The first-order valence-electron chi connectivity index (χ1n) is 9.33. The number of aryl methyl sites for hydroxylation is 3. The molecule has 1 unspecified atom stereocenters. The molecular formula is C23H23NO4S. The van der Waals surface area contributed by atoms with Gasteiger partial charge in [-0.3, -0.25) is 4.55 Å². The topological polar surface area (TPSA) is 77.8 Å². The molecule has 0 aromatic heterocycles. The molecule has 29 heavy (non-hydrogen) atoms. The van der Waals surface area contributed by atoms with Gasteiger partial charge < -0.3 is 5.11 Å². The Bertz CT molecular complexity index is 1000. The summed E-state index contributed by atoms with van der Waals surface area (Å²) >= 11 is -2.19. The maximum absolute atomic E-state index is 12.1. The molecule has 3 rings (SSSR count). The van der Waals surface area contributed by atoms with E-state index in [4.69, 9.17) is 5.11 Å². The summed E-state index contributed by atoms with van der Waals surface area (Å²) in [6.07, 6.45) is 2.36. The van der Waals surface area contributed by atoms with Crippen LogP contribution in [-0.4, -0.2) is 19.8 Å². The molecule has 150 valence electrons. The average Bonchev–Trinajstić information content (AvgIpc) is 2.71. The van der Waals surface area contributed by atoms with Gasteiger partial charge in [0, 0.05) is 0 Å². The molecule has 0 radical (unpaired) electrons. The predicted octanol–water partition coefficient (Wildman–Crippen LogP) is 5.14. The third-order valence-electron chi connectivity index (χ3n) is 4.75. The van der Waals surface area contributed by atoms with Crippen LogP contribution in [0.15, 0.2) is 72.8 Å². The van der Waals surface area contributed by atoms with Crippen LogP contribution in [0.5, 0.6) is 0 Å². The highest BCUT2D eigenvalue weighted by atomic mass is 32.2. The second kappa shape index (κ2) is 9.49. The lowest BCUT2D eigenvalue weighted by Gasteiger charge is -2.23. The minimum Gasteiger partial charge on any atom is -0.478 e. The number of rotatable bonds is 8. The Labute approximate surface area is 173 Å². The monoisotopic (exact) mass is 409 g/mol. The molecule has 0 aliphatic carbocycles. The number of hydrogen-bond donors (Lipinski definition) is 2. The molecule has 0 saturated heterocycles. The second-order valence-corrected chi connectivity index (χ2v) is 7.67. The average molecular weight is 410 g/mol. The fourth-order valence-corrected chi connectivity index (χ4v) is 3.86. The lowest BCUT2D eigenvalue weighted by Crippen LogP contribution is -2.20. The maximum atomic E-state index is 12.1. The van der Waals surface area contributed by atoms with E-state index in [0.717, 1.165) is 36.0 Å². The Morgan fingerprint density at radius 3 is 2.21 bits per heavy atom. The third-order valence-corrected chi connectivity index (χ3v) is 5.47. The van der Waals surface area contributed by atoms with E-state index in [1.54, 1.807) is 12.1 Å². The van der Waals surface area contributed by atoms with E-state index < -0.39 is 17.2 Å². The van der Waals surface area contributed by atoms with Gasteiger partial charge in [-0.15, -0.1) is 0 Å². The molecule has 3 aromatic carbocycles. The van der Waals surface area contributed by atoms with Crippen molar-refractivity contribution in [1.82, 2.24) is 0 Å². The second-order valence-electron chi connectivity index (χ2n) is 6.84. The fraction of sp³-hybridized carbons (Fsp3) is 0.174. The molecule has 0 amide bonds. The first-order valence-corrected chi connectivity index (χ1v) is 10.4. The van der Waals surface area contributed by atoms with E-state index in [9.17, 15) is 13.6 Å². The number of benzene rings is 3. The van der Waals surface area contributed by atoms with Crippen molar-refractivity contribution < 1.29 is 18.7 Å². The zero-order chi connectivity index (χ0) is 20.8. The summed E-state index contributed by atoms with van der Waals surface area (Å²) in [4.78, 5) is 11.0. The van der Waals surface area contributed by atoms with Crippen LogP contribution >= 0.6 is 0 Å². The highest BCUT2D eigenvalue weighted by Gasteiger charge is 2.18. The number of carboxylic acids is 1. The molecule has 0 bridgehead atoms. The Morgan fingerprint density at radius 2 is 1.59 bits per heavy atom. The van der Waals surface area contributed by atoms with Gasteiger partial charge in [-0.1, -0.05) is 48.0 Å². The van der Waals surface area contributed by atoms with E-state index in [1.807, 2.05) is 67.6 Å². The van der Waals surface area contributed by atoms with Gasteiger partial charge in [0.2, 0.25) is 0 Å². The largest absolute Gasteiger partial charge is 0.478 e. The summed E-state index contributed by atoms with van der Waals surface area (Å²) in [6, 6.07) is 22.0. The Kier molecular flexibility index (Phi) is 6.80. The van der Waals surface area contributed by atoms with Crippen LogP contribution in [0.3, 0.4) is 0 Å². The molecule has 0 fully saturated rings. The number of carbonyl (C=O) groups is 1. The van der Waals surface area contributed by atoms with E-state index >= 15 is 0 Å². The van der Waals surface area contributed by atoms with Crippen molar-refractivity contribution in [3.05, 3.63) is 95.1 Å². The minimum atomic E-state index is -2.19. The van der Waals surface area contributed by atoms with E-state index in [1.165, 1.54) is 4.31 Å². The lowest BCUT2D eigenvalue weighted by molar-refractivity contribution is 0.0697. The summed E-state index contributed by atoms with van der Waals surface area (Å²) in [5, 5.41) is 8.99. The summed E-state index contributed by atoms with van der Waals surface area (Å²) in [6.45, 7) is 1.97. The number of nitrogens with zero attached hydrogens (tertiary/aromatic N) is 1. The van der Waals surface area contributed by atoms with Gasteiger partial charge in [0.25, 0.3) is 11.3 Å². The maximum Gasteiger partial charge on any atom is 0.335 e. The molecule has 0 saturated carbocycles. The first-order chi connectivity index (χ1) is 14.0. The molecule has 2 N–H and O–H groups in total. The molecule has 3 aromatic rings. The Balaban J connectivity index is 1.76. The number of hydrogen-bond acceptors (Lipinski definition) is 2. The first kappa shape index (κ1) is 20.8. The van der Waals surface area contributed by atoms with Gasteiger partial charge >= 0.3 is 5.97 Å². The van der Waals surface area contributed by atoms with Crippen molar-refractivity contribution in [2.24, 2.45) is 0 Å². The molecule has 0 heterocycles. The number of para-hydroxylation sites is 1. The van der Waals surface area contributed by atoms with Crippen LogP contribution in [0.4, 0.5) is 11.4 Å².